The first-order chi connectivity index (χ1) is 11.0. The van der Waals surface area contributed by atoms with Gasteiger partial charge in [0.15, 0.2) is 0 Å². The van der Waals surface area contributed by atoms with E-state index in [2.05, 4.69) is 11.5 Å². The predicted molar refractivity (Wildman–Crippen MR) is 84.0 cm³/mol. The van der Waals surface area contributed by atoms with Crippen LogP contribution in [0.3, 0.4) is 0 Å². The van der Waals surface area contributed by atoms with Crippen LogP contribution in [0.1, 0.15) is 12.0 Å². The van der Waals surface area contributed by atoms with Crippen LogP contribution in [-0.4, -0.2) is 57.2 Å². The number of hydrogen-bond donors (Lipinski definition) is 2. The summed E-state index contributed by atoms with van der Waals surface area (Å²) < 4.78 is 0. The number of fused-ring (bicyclic) bond motifs is 1. The van der Waals surface area contributed by atoms with E-state index in [1.807, 2.05) is 30.3 Å². The van der Waals surface area contributed by atoms with E-state index in [0.717, 1.165) is 10.5 Å². The number of amides is 1. The Morgan fingerprint density at radius 3 is 2.57 bits per heavy atom. The summed E-state index contributed by atoms with van der Waals surface area (Å²) >= 11 is 0. The first-order valence-electron chi connectivity index (χ1n) is 7.61. The highest BCUT2D eigenvalue weighted by atomic mass is 16.4. The number of allylic oxidation sites excluding steroid dienone is 1. The first-order valence-corrected chi connectivity index (χ1v) is 7.61. The summed E-state index contributed by atoms with van der Waals surface area (Å²) in [6, 6.07) is 8.82. The fourth-order valence-corrected chi connectivity index (χ4v) is 4.15. The number of nitrogens with zero attached hydrogens (tertiary/aromatic N) is 2. The number of hydrogen-bond acceptors (Lipinski definition) is 3. The molecule has 1 aromatic rings. The Morgan fingerprint density at radius 1 is 1.30 bits per heavy atom. The molecule has 0 bridgehead atoms. The number of carboxylic acid groups (broad SMARTS) is 2. The Labute approximate surface area is 134 Å². The molecule has 3 rings (SSSR count). The second kappa shape index (κ2) is 5.70. The minimum Gasteiger partial charge on any atom is -0.480 e. The van der Waals surface area contributed by atoms with E-state index in [9.17, 15) is 19.8 Å². The lowest BCUT2D eigenvalue weighted by Crippen LogP contribution is -2.66. The van der Waals surface area contributed by atoms with Gasteiger partial charge in [0.25, 0.3) is 0 Å². The van der Waals surface area contributed by atoms with Gasteiger partial charge in [-0.3, -0.25) is 9.80 Å². The highest BCUT2D eigenvalue weighted by molar-refractivity contribution is 5.82. The average molecular weight is 316 g/mol. The molecule has 23 heavy (non-hydrogen) atoms. The fourth-order valence-electron chi connectivity index (χ4n) is 4.15. The fraction of sp³-hybridized carbons (Fsp3) is 0.412. The number of aliphatic carboxylic acids is 1. The zero-order chi connectivity index (χ0) is 16.6. The van der Waals surface area contributed by atoms with Crippen molar-refractivity contribution in [1.29, 1.82) is 0 Å². The Bertz CT molecular complexity index is 633. The lowest BCUT2D eigenvalue weighted by atomic mass is 9.66. The largest absolute Gasteiger partial charge is 0.480 e. The molecular weight excluding hydrogens is 296 g/mol. The van der Waals surface area contributed by atoms with Crippen LogP contribution in [0.2, 0.25) is 0 Å². The number of carbonyl (C=O) groups is 2. The standard InChI is InChI=1S/C17H20N2O4/c1-2-8-17-11-18(9-12-6-4-3-5-7-12)13(17)10-19(16(22)23)14(17)15(20)21/h2-7,13-14H,1,8-11H2,(H,20,21)(H,22,23)/t13?,14-,17+/m1/s1. The number of rotatable bonds is 5. The van der Waals surface area contributed by atoms with Crippen LogP contribution in [0.4, 0.5) is 4.79 Å². The van der Waals surface area contributed by atoms with Gasteiger partial charge >= 0.3 is 12.1 Å². The van der Waals surface area contributed by atoms with Crippen molar-refractivity contribution in [3.05, 3.63) is 48.6 Å². The maximum atomic E-state index is 11.7. The van der Waals surface area contributed by atoms with Gasteiger partial charge in [-0.15, -0.1) is 6.58 Å². The summed E-state index contributed by atoms with van der Waals surface area (Å²) in [5.74, 6) is -1.07. The van der Waals surface area contributed by atoms with Gasteiger partial charge in [-0.2, -0.15) is 0 Å². The third-order valence-electron chi connectivity index (χ3n) is 5.06. The van der Waals surface area contributed by atoms with Gasteiger partial charge in [-0.05, 0) is 12.0 Å². The van der Waals surface area contributed by atoms with Crippen molar-refractivity contribution < 1.29 is 19.8 Å². The molecular formula is C17H20N2O4. The third-order valence-corrected chi connectivity index (χ3v) is 5.06. The summed E-state index contributed by atoms with van der Waals surface area (Å²) in [7, 11) is 0. The topological polar surface area (TPSA) is 81.1 Å². The van der Waals surface area contributed by atoms with Crippen molar-refractivity contribution >= 4 is 12.1 Å². The summed E-state index contributed by atoms with van der Waals surface area (Å²) in [5.41, 5.74) is 0.571. The number of benzene rings is 1. The molecule has 0 radical (unpaired) electrons. The Hall–Kier alpha value is -2.34. The second-order valence-corrected chi connectivity index (χ2v) is 6.31. The van der Waals surface area contributed by atoms with Crippen molar-refractivity contribution in [3.63, 3.8) is 0 Å². The number of likely N-dealkylation sites (tertiary alicyclic amines) is 2. The van der Waals surface area contributed by atoms with E-state index in [4.69, 9.17) is 0 Å². The number of carboxylic acids is 1. The van der Waals surface area contributed by atoms with Gasteiger partial charge in [0.1, 0.15) is 6.04 Å². The molecule has 0 spiro atoms. The van der Waals surface area contributed by atoms with Gasteiger partial charge in [0, 0.05) is 31.1 Å². The molecule has 2 heterocycles. The molecule has 122 valence electrons. The van der Waals surface area contributed by atoms with E-state index < -0.39 is 23.5 Å². The smallest absolute Gasteiger partial charge is 0.408 e. The first kappa shape index (κ1) is 15.6. The van der Waals surface area contributed by atoms with Gasteiger partial charge in [0.05, 0.1) is 0 Å². The summed E-state index contributed by atoms with van der Waals surface area (Å²) in [4.78, 5) is 26.4. The monoisotopic (exact) mass is 316 g/mol. The molecule has 1 unspecified atom stereocenters. The molecule has 2 aliphatic rings. The Balaban J connectivity index is 1.86. The molecule has 1 aromatic carbocycles. The second-order valence-electron chi connectivity index (χ2n) is 6.31. The molecule has 0 aromatic heterocycles. The lowest BCUT2D eigenvalue weighted by molar-refractivity contribution is -0.151. The molecule has 6 heteroatoms. The maximum Gasteiger partial charge on any atom is 0.408 e. The van der Waals surface area contributed by atoms with Crippen LogP contribution in [-0.2, 0) is 11.3 Å². The third kappa shape index (κ3) is 2.39. The molecule has 6 nitrogen and oxygen atoms in total. The SMILES string of the molecule is C=CC[C@]12CN(Cc3ccccc3)C1CN(C(=O)O)[C@@H]2C(=O)O. The van der Waals surface area contributed by atoms with Crippen molar-refractivity contribution in [2.75, 3.05) is 13.1 Å². The molecule has 0 aliphatic carbocycles. The molecule has 2 N–H and O–H groups in total. The van der Waals surface area contributed by atoms with Gasteiger partial charge in [-0.1, -0.05) is 36.4 Å². The van der Waals surface area contributed by atoms with Crippen LogP contribution in [0.15, 0.2) is 43.0 Å². The van der Waals surface area contributed by atoms with E-state index in [1.54, 1.807) is 6.08 Å². The molecule has 2 saturated heterocycles. The summed E-state index contributed by atoms with van der Waals surface area (Å²) in [5, 5.41) is 18.9. The minimum atomic E-state index is -1.17. The highest BCUT2D eigenvalue weighted by Crippen LogP contribution is 2.51. The van der Waals surface area contributed by atoms with Crippen molar-refractivity contribution in [3.8, 4) is 0 Å². The van der Waals surface area contributed by atoms with E-state index in [-0.39, 0.29) is 12.6 Å². The van der Waals surface area contributed by atoms with Crippen molar-refractivity contribution in [1.82, 2.24) is 9.80 Å². The van der Waals surface area contributed by atoms with E-state index in [1.165, 1.54) is 0 Å². The summed E-state index contributed by atoms with van der Waals surface area (Å²) in [6.07, 6.45) is 1.03. The quantitative estimate of drug-likeness (QED) is 0.811. The molecule has 2 fully saturated rings. The van der Waals surface area contributed by atoms with Crippen LogP contribution in [0.5, 0.6) is 0 Å². The molecule has 2 aliphatic heterocycles. The van der Waals surface area contributed by atoms with Crippen LogP contribution < -0.4 is 0 Å². The molecule has 0 saturated carbocycles. The Morgan fingerprint density at radius 2 is 2.00 bits per heavy atom. The van der Waals surface area contributed by atoms with Gasteiger partial charge in [0.2, 0.25) is 0 Å². The van der Waals surface area contributed by atoms with Crippen molar-refractivity contribution in [2.45, 2.75) is 25.0 Å². The zero-order valence-electron chi connectivity index (χ0n) is 12.8. The van der Waals surface area contributed by atoms with Crippen molar-refractivity contribution in [2.24, 2.45) is 5.41 Å². The predicted octanol–water partition coefficient (Wildman–Crippen LogP) is 1.88. The van der Waals surface area contributed by atoms with Gasteiger partial charge in [-0.25, -0.2) is 9.59 Å². The Kier molecular flexibility index (Phi) is 3.85. The van der Waals surface area contributed by atoms with Crippen LogP contribution in [0.25, 0.3) is 0 Å². The molecule has 1 amide bonds. The van der Waals surface area contributed by atoms with E-state index in [0.29, 0.717) is 19.5 Å². The van der Waals surface area contributed by atoms with Crippen LogP contribution >= 0.6 is 0 Å². The lowest BCUT2D eigenvalue weighted by Gasteiger charge is -2.54. The summed E-state index contributed by atoms with van der Waals surface area (Å²) in [6.45, 7) is 5.23. The average Bonchev–Trinajstić information content (AvgIpc) is 2.76. The van der Waals surface area contributed by atoms with Crippen LogP contribution in [0, 0.1) is 5.41 Å². The maximum absolute atomic E-state index is 11.7. The normalized spacial score (nSPS) is 29.7. The highest BCUT2D eigenvalue weighted by Gasteiger charge is 2.66. The molecule has 3 atom stereocenters. The minimum absolute atomic E-state index is 0.0853. The van der Waals surface area contributed by atoms with Gasteiger partial charge < -0.3 is 10.2 Å². The zero-order valence-corrected chi connectivity index (χ0v) is 12.8. The van der Waals surface area contributed by atoms with E-state index >= 15 is 0 Å².